The van der Waals surface area contributed by atoms with Crippen molar-refractivity contribution < 1.29 is 19.0 Å². The highest BCUT2D eigenvalue weighted by Gasteiger charge is 2.29. The predicted octanol–water partition coefficient (Wildman–Crippen LogP) is 2.29. The number of allylic oxidation sites excluding steroid dienone is 1. The number of hydrogen-bond acceptors (Lipinski definition) is 4. The van der Waals surface area contributed by atoms with Gasteiger partial charge in [0.15, 0.2) is 5.79 Å². The molecule has 0 aromatic carbocycles. The molecule has 0 atom stereocenters. The van der Waals surface area contributed by atoms with Gasteiger partial charge in [-0.05, 0) is 12.8 Å². The number of carbonyl (C=O) groups excluding carboxylic acids is 1. The summed E-state index contributed by atoms with van der Waals surface area (Å²) < 4.78 is 15.3. The van der Waals surface area contributed by atoms with Crippen LogP contribution in [-0.4, -0.2) is 33.1 Å². The van der Waals surface area contributed by atoms with Gasteiger partial charge in [-0.15, -0.1) is 6.58 Å². The molecule has 0 unspecified atom stereocenters. The van der Waals surface area contributed by atoms with E-state index in [9.17, 15) is 4.79 Å². The van der Waals surface area contributed by atoms with Crippen molar-refractivity contribution in [3.63, 3.8) is 0 Å². The monoisotopic (exact) mass is 230 g/mol. The molecular weight excluding hydrogens is 208 g/mol. The molecule has 0 aliphatic carbocycles. The molecule has 0 fully saturated rings. The molecule has 0 saturated carbocycles. The predicted molar refractivity (Wildman–Crippen MR) is 62.0 cm³/mol. The summed E-state index contributed by atoms with van der Waals surface area (Å²) in [6.45, 7) is 3.66. The minimum atomic E-state index is -0.683. The van der Waals surface area contributed by atoms with Crippen LogP contribution in [0.2, 0.25) is 0 Å². The molecule has 0 saturated heterocycles. The van der Waals surface area contributed by atoms with Crippen molar-refractivity contribution >= 4 is 5.97 Å². The van der Waals surface area contributed by atoms with Crippen molar-refractivity contribution in [2.45, 2.75) is 37.9 Å². The Morgan fingerprint density at radius 2 is 1.88 bits per heavy atom. The van der Waals surface area contributed by atoms with Crippen molar-refractivity contribution in [1.29, 1.82) is 0 Å². The summed E-state index contributed by atoms with van der Waals surface area (Å²) in [5.41, 5.74) is 0. The number of unbranched alkanes of at least 4 members (excludes halogenated alkanes) is 1. The second-order valence-corrected chi connectivity index (χ2v) is 3.58. The van der Waals surface area contributed by atoms with E-state index >= 15 is 0 Å². The third-order valence-corrected chi connectivity index (χ3v) is 2.65. The first-order chi connectivity index (χ1) is 7.64. The van der Waals surface area contributed by atoms with Gasteiger partial charge in [-0.3, -0.25) is 4.79 Å². The van der Waals surface area contributed by atoms with Gasteiger partial charge in [-0.25, -0.2) is 0 Å². The molecule has 0 N–H and O–H groups in total. The zero-order valence-corrected chi connectivity index (χ0v) is 10.5. The molecule has 4 nitrogen and oxygen atoms in total. The molecule has 0 amide bonds. The van der Waals surface area contributed by atoms with Crippen LogP contribution in [0, 0.1) is 0 Å². The van der Waals surface area contributed by atoms with Crippen molar-refractivity contribution in [2.24, 2.45) is 0 Å². The molecule has 0 aromatic heterocycles. The fraction of sp³-hybridized carbons (Fsp3) is 0.750. The Bertz CT molecular complexity index is 209. The number of carbonyl (C=O) groups is 1. The topological polar surface area (TPSA) is 44.8 Å². The molecule has 0 aromatic rings. The first kappa shape index (κ1) is 15.1. The fourth-order valence-corrected chi connectivity index (χ4v) is 1.53. The average Bonchev–Trinajstić information content (AvgIpc) is 2.33. The van der Waals surface area contributed by atoms with Crippen LogP contribution in [0.5, 0.6) is 0 Å². The van der Waals surface area contributed by atoms with Crippen LogP contribution in [0.3, 0.4) is 0 Å². The van der Waals surface area contributed by atoms with Gasteiger partial charge in [-0.1, -0.05) is 6.08 Å². The minimum absolute atomic E-state index is 0.248. The van der Waals surface area contributed by atoms with Gasteiger partial charge in [0.05, 0.1) is 13.5 Å². The molecule has 94 valence electrons. The molecule has 16 heavy (non-hydrogen) atoms. The smallest absolute Gasteiger partial charge is 0.305 e. The number of hydrogen-bond donors (Lipinski definition) is 0. The lowest BCUT2D eigenvalue weighted by molar-refractivity contribution is -0.217. The Labute approximate surface area is 97.6 Å². The van der Waals surface area contributed by atoms with Gasteiger partial charge in [0.25, 0.3) is 0 Å². The van der Waals surface area contributed by atoms with Gasteiger partial charge in [-0.2, -0.15) is 0 Å². The SMILES string of the molecule is C=CCCCC(CCC(=O)OC)(OC)OC. The van der Waals surface area contributed by atoms with Crippen molar-refractivity contribution in [1.82, 2.24) is 0 Å². The number of ether oxygens (including phenoxy) is 3. The Morgan fingerprint density at radius 1 is 1.25 bits per heavy atom. The maximum absolute atomic E-state index is 11.1. The summed E-state index contributed by atoms with van der Waals surface area (Å²) >= 11 is 0. The first-order valence-electron chi connectivity index (χ1n) is 5.42. The third kappa shape index (κ3) is 5.28. The molecular formula is C12H22O4. The van der Waals surface area contributed by atoms with E-state index in [0.717, 1.165) is 19.3 Å². The highest BCUT2D eigenvalue weighted by atomic mass is 16.7. The van der Waals surface area contributed by atoms with Gasteiger partial charge in [0.1, 0.15) is 0 Å². The van der Waals surface area contributed by atoms with Crippen LogP contribution >= 0.6 is 0 Å². The molecule has 0 rings (SSSR count). The van der Waals surface area contributed by atoms with Crippen LogP contribution in [0.4, 0.5) is 0 Å². The lowest BCUT2D eigenvalue weighted by Gasteiger charge is -2.30. The highest BCUT2D eigenvalue weighted by molar-refractivity contribution is 5.69. The normalized spacial score (nSPS) is 11.2. The van der Waals surface area contributed by atoms with Crippen LogP contribution < -0.4 is 0 Å². The summed E-state index contributed by atoms with van der Waals surface area (Å²) in [5.74, 6) is -0.931. The Morgan fingerprint density at radius 3 is 2.31 bits per heavy atom. The Kier molecular flexibility index (Phi) is 7.85. The molecule has 0 aliphatic heterocycles. The summed E-state index contributed by atoms with van der Waals surface area (Å²) in [6.07, 6.45) is 5.23. The Balaban J connectivity index is 4.19. The van der Waals surface area contributed by atoms with Gasteiger partial charge >= 0.3 is 5.97 Å². The number of methoxy groups -OCH3 is 3. The quantitative estimate of drug-likeness (QED) is 0.264. The van der Waals surface area contributed by atoms with E-state index in [1.54, 1.807) is 14.2 Å². The molecule has 0 radical (unpaired) electrons. The highest BCUT2D eigenvalue weighted by Crippen LogP contribution is 2.25. The number of esters is 1. The second-order valence-electron chi connectivity index (χ2n) is 3.58. The van der Waals surface area contributed by atoms with E-state index in [1.165, 1.54) is 7.11 Å². The van der Waals surface area contributed by atoms with Crippen molar-refractivity contribution in [3.05, 3.63) is 12.7 Å². The first-order valence-corrected chi connectivity index (χ1v) is 5.42. The Hall–Kier alpha value is -0.870. The molecule has 0 aliphatic rings. The lowest BCUT2D eigenvalue weighted by Crippen LogP contribution is -2.34. The van der Waals surface area contributed by atoms with Crippen molar-refractivity contribution in [2.75, 3.05) is 21.3 Å². The molecule has 0 bridgehead atoms. The third-order valence-electron chi connectivity index (χ3n) is 2.65. The summed E-state index contributed by atoms with van der Waals surface area (Å²) in [7, 11) is 4.56. The maximum Gasteiger partial charge on any atom is 0.305 e. The fourth-order valence-electron chi connectivity index (χ4n) is 1.53. The van der Waals surface area contributed by atoms with Gasteiger partial charge < -0.3 is 14.2 Å². The molecule has 0 spiro atoms. The number of rotatable bonds is 9. The van der Waals surface area contributed by atoms with Crippen LogP contribution in [0.1, 0.15) is 32.1 Å². The molecule has 4 heteroatoms. The summed E-state index contributed by atoms with van der Waals surface area (Å²) in [4.78, 5) is 11.1. The van der Waals surface area contributed by atoms with E-state index < -0.39 is 5.79 Å². The molecule has 0 heterocycles. The average molecular weight is 230 g/mol. The zero-order valence-electron chi connectivity index (χ0n) is 10.5. The maximum atomic E-state index is 11.1. The van der Waals surface area contributed by atoms with E-state index in [-0.39, 0.29) is 5.97 Å². The van der Waals surface area contributed by atoms with E-state index in [1.807, 2.05) is 6.08 Å². The van der Waals surface area contributed by atoms with Crippen LogP contribution in [-0.2, 0) is 19.0 Å². The largest absolute Gasteiger partial charge is 0.469 e. The van der Waals surface area contributed by atoms with E-state index in [2.05, 4.69) is 11.3 Å². The van der Waals surface area contributed by atoms with Crippen LogP contribution in [0.15, 0.2) is 12.7 Å². The zero-order chi connectivity index (χ0) is 12.4. The van der Waals surface area contributed by atoms with E-state index in [4.69, 9.17) is 9.47 Å². The second kappa shape index (κ2) is 8.30. The minimum Gasteiger partial charge on any atom is -0.469 e. The van der Waals surface area contributed by atoms with Crippen LogP contribution in [0.25, 0.3) is 0 Å². The standard InChI is InChI=1S/C12H22O4/c1-5-6-7-9-12(15-3,16-4)10-8-11(13)14-2/h5H,1,6-10H2,2-4H3. The lowest BCUT2D eigenvalue weighted by atomic mass is 10.0. The van der Waals surface area contributed by atoms with Gasteiger partial charge in [0, 0.05) is 27.1 Å². The van der Waals surface area contributed by atoms with E-state index in [0.29, 0.717) is 12.8 Å². The van der Waals surface area contributed by atoms with Crippen molar-refractivity contribution in [3.8, 4) is 0 Å². The summed E-state index contributed by atoms with van der Waals surface area (Å²) in [5, 5.41) is 0. The summed E-state index contributed by atoms with van der Waals surface area (Å²) in [6, 6.07) is 0. The van der Waals surface area contributed by atoms with Gasteiger partial charge in [0.2, 0.25) is 0 Å².